The minimum Gasteiger partial charge on any atom is -0.394 e. The number of hydrogen-bond donors (Lipinski definition) is 9. The van der Waals surface area contributed by atoms with Crippen molar-refractivity contribution in [1.29, 1.82) is 0 Å². The molecule has 0 radical (unpaired) electrons. The van der Waals surface area contributed by atoms with E-state index in [2.05, 4.69) is 8.83 Å². The Labute approximate surface area is 199 Å². The quantitative estimate of drug-likeness (QED) is 0.0797. The van der Waals surface area contributed by atoms with Gasteiger partial charge in [0, 0.05) is 12.3 Å². The fraction of sp³-hybridized carbons (Fsp3) is 0.667. The summed E-state index contributed by atoms with van der Waals surface area (Å²) < 4.78 is 43.3. The minimum absolute atomic E-state index is 0.291. The van der Waals surface area contributed by atoms with Gasteiger partial charge in [0.1, 0.15) is 36.6 Å². The smallest absolute Gasteiger partial charge is 0.394 e. The summed E-state index contributed by atoms with van der Waals surface area (Å²) in [6, 6.07) is 0.899. The molecule has 19 nitrogen and oxygen atoms in total. The van der Waals surface area contributed by atoms with Crippen molar-refractivity contribution in [2.75, 3.05) is 13.2 Å². The number of hydrogen-bond acceptors (Lipinski definition) is 15. The average molecular weight is 566 g/mol. The predicted molar refractivity (Wildman–Crippen MR) is 110 cm³/mol. The van der Waals surface area contributed by atoms with Crippen molar-refractivity contribution in [3.05, 3.63) is 33.1 Å². The molecule has 0 aliphatic carbocycles. The number of aliphatic hydroxyl groups excluding tert-OH is 6. The van der Waals surface area contributed by atoms with Crippen LogP contribution in [0.3, 0.4) is 0 Å². The van der Waals surface area contributed by atoms with Gasteiger partial charge in [0.2, 0.25) is 0 Å². The van der Waals surface area contributed by atoms with Crippen LogP contribution in [0.25, 0.3) is 0 Å². The Balaban J connectivity index is 2.22. The Morgan fingerprint density at radius 1 is 1.14 bits per heavy atom. The third kappa shape index (κ3) is 7.67. The van der Waals surface area contributed by atoms with Crippen LogP contribution in [0.5, 0.6) is 0 Å². The molecule has 21 heteroatoms. The van der Waals surface area contributed by atoms with Crippen LogP contribution >= 0.6 is 15.6 Å². The summed E-state index contributed by atoms with van der Waals surface area (Å²) in [7, 11) is -11.2. The highest BCUT2D eigenvalue weighted by Crippen LogP contribution is 2.62. The molecule has 0 amide bonds. The van der Waals surface area contributed by atoms with Gasteiger partial charge in [-0.2, -0.15) is 4.31 Å². The first kappa shape index (κ1) is 30.6. The molecule has 1 aromatic heterocycles. The van der Waals surface area contributed by atoms with Crippen LogP contribution in [-0.4, -0.2) is 112 Å². The lowest BCUT2D eigenvalue weighted by molar-refractivity contribution is -0.136. The van der Waals surface area contributed by atoms with Gasteiger partial charge in [-0.05, 0) is 0 Å². The van der Waals surface area contributed by atoms with E-state index in [1.165, 1.54) is 0 Å². The second-order valence-corrected chi connectivity index (χ2v) is 10.3. The van der Waals surface area contributed by atoms with Gasteiger partial charge < -0.3 is 50.0 Å². The topological polar surface area (TPSA) is 305 Å². The van der Waals surface area contributed by atoms with Gasteiger partial charge >= 0.3 is 21.3 Å². The molecule has 1 aromatic rings. The summed E-state index contributed by atoms with van der Waals surface area (Å²) in [6.07, 6.45) is -15.4. The van der Waals surface area contributed by atoms with E-state index in [0.29, 0.717) is 4.57 Å². The largest absolute Gasteiger partial charge is 0.484 e. The standard InChI is InChI=1S/C15H24N2O17P2/c18-3-6(20)10(22)11(23)7(4-19)33-36(30,34-35(27,28)29)31-5-8-12(24)13(25)14(32-8)17-2-1-9(21)16-15(17)26/h1-2,4,6-8,10-14,18,20,22-25H,3,5H2,(H,16,21,26)(H2,27,28,29)/t6-,7+,8-,10+,11-,12-,13-,14-,36?/m1/s1. The number of aldehydes is 1. The molecule has 1 unspecified atom stereocenters. The van der Waals surface area contributed by atoms with Crippen LogP contribution in [0.2, 0.25) is 0 Å². The number of phosphoric ester groups is 1. The maximum atomic E-state index is 12.8. The van der Waals surface area contributed by atoms with Gasteiger partial charge in [0.15, 0.2) is 18.6 Å². The summed E-state index contributed by atoms with van der Waals surface area (Å²) in [6.45, 7) is -2.21. The first-order chi connectivity index (χ1) is 16.6. The molecule has 206 valence electrons. The molecule has 1 fully saturated rings. The van der Waals surface area contributed by atoms with Gasteiger partial charge in [-0.3, -0.25) is 23.4 Å². The van der Waals surface area contributed by atoms with Crippen LogP contribution in [0.4, 0.5) is 0 Å². The molecular formula is C15H24N2O17P2. The maximum Gasteiger partial charge on any atom is 0.484 e. The van der Waals surface area contributed by atoms with E-state index in [-0.39, 0.29) is 6.29 Å². The second kappa shape index (κ2) is 12.2. The third-order valence-corrected chi connectivity index (χ3v) is 7.34. The van der Waals surface area contributed by atoms with E-state index in [1.54, 1.807) is 0 Å². The predicted octanol–water partition coefficient (Wildman–Crippen LogP) is -4.95. The minimum atomic E-state index is -5.69. The lowest BCUT2D eigenvalue weighted by Gasteiger charge is -2.28. The highest BCUT2D eigenvalue weighted by Gasteiger charge is 2.47. The zero-order valence-electron chi connectivity index (χ0n) is 17.9. The summed E-state index contributed by atoms with van der Waals surface area (Å²) in [4.78, 5) is 54.4. The van der Waals surface area contributed by atoms with Crippen molar-refractivity contribution in [2.45, 2.75) is 49.0 Å². The number of nitrogens with zero attached hydrogens (tertiary/aromatic N) is 1. The number of aromatic amines is 1. The SMILES string of the molecule is O=C[C@H](OP(=O)(OC[C@H]1O[C@@H](n2ccc(=O)[nH]c2=O)[C@H](O)[C@@H]1O)OP(=O)(O)O)[C@@H](O)[C@@H](O)[C@H](O)CO. The summed E-state index contributed by atoms with van der Waals surface area (Å²) >= 11 is 0. The van der Waals surface area contributed by atoms with Crippen molar-refractivity contribution in [3.63, 3.8) is 0 Å². The molecule has 2 heterocycles. The lowest BCUT2D eigenvalue weighted by atomic mass is 10.0. The van der Waals surface area contributed by atoms with Crippen LogP contribution in [0, 0.1) is 0 Å². The third-order valence-electron chi connectivity index (χ3n) is 4.72. The molecular weight excluding hydrogens is 542 g/mol. The van der Waals surface area contributed by atoms with Crippen molar-refractivity contribution >= 4 is 21.9 Å². The maximum absolute atomic E-state index is 12.8. The van der Waals surface area contributed by atoms with Crippen LogP contribution < -0.4 is 11.2 Å². The molecule has 0 aromatic carbocycles. The Morgan fingerprint density at radius 3 is 2.31 bits per heavy atom. The molecule has 0 saturated carbocycles. The van der Waals surface area contributed by atoms with Gasteiger partial charge in [0.05, 0.1) is 13.2 Å². The molecule has 36 heavy (non-hydrogen) atoms. The van der Waals surface area contributed by atoms with Crippen molar-refractivity contribution in [1.82, 2.24) is 9.55 Å². The number of carbonyl (C=O) groups is 1. The van der Waals surface area contributed by atoms with E-state index in [4.69, 9.17) is 24.2 Å². The van der Waals surface area contributed by atoms with Crippen LogP contribution in [-0.2, 0) is 32.0 Å². The molecule has 1 aliphatic rings. The monoisotopic (exact) mass is 566 g/mol. The number of aromatic nitrogens is 2. The fourth-order valence-electron chi connectivity index (χ4n) is 2.94. The van der Waals surface area contributed by atoms with E-state index in [9.17, 15) is 49.0 Å². The summed E-state index contributed by atoms with van der Waals surface area (Å²) in [5.41, 5.74) is -1.81. The molecule has 9 atom stereocenters. The molecule has 1 aliphatic heterocycles. The van der Waals surface area contributed by atoms with E-state index >= 15 is 0 Å². The number of phosphoric acid groups is 2. The lowest BCUT2D eigenvalue weighted by Crippen LogP contribution is -2.47. The zero-order chi connectivity index (χ0) is 27.4. The molecule has 9 N–H and O–H groups in total. The summed E-state index contributed by atoms with van der Waals surface area (Å²) in [5.74, 6) is 0. The molecule has 0 bridgehead atoms. The van der Waals surface area contributed by atoms with Crippen LogP contribution in [0.1, 0.15) is 6.23 Å². The number of carbonyl (C=O) groups excluding carboxylic acids is 1. The summed E-state index contributed by atoms with van der Waals surface area (Å²) in [5, 5.41) is 58.2. The van der Waals surface area contributed by atoms with Gasteiger partial charge in [-0.25, -0.2) is 13.9 Å². The van der Waals surface area contributed by atoms with Gasteiger partial charge in [-0.1, -0.05) is 0 Å². The zero-order valence-corrected chi connectivity index (χ0v) is 19.6. The van der Waals surface area contributed by atoms with Gasteiger partial charge in [-0.15, -0.1) is 0 Å². The van der Waals surface area contributed by atoms with E-state index in [1.807, 2.05) is 4.98 Å². The average Bonchev–Trinajstić information content (AvgIpc) is 3.07. The highest BCUT2D eigenvalue weighted by molar-refractivity contribution is 7.61. The number of aliphatic hydroxyl groups is 6. The second-order valence-electron chi connectivity index (χ2n) is 7.32. The molecule has 2 rings (SSSR count). The first-order valence-corrected chi connectivity index (χ1v) is 12.7. The molecule has 1 saturated heterocycles. The first-order valence-electron chi connectivity index (χ1n) is 9.75. The Bertz CT molecular complexity index is 1100. The number of H-pyrrole nitrogens is 1. The Morgan fingerprint density at radius 2 is 1.78 bits per heavy atom. The number of rotatable bonds is 13. The Hall–Kier alpha value is -1.67. The van der Waals surface area contributed by atoms with Gasteiger partial charge in [0.25, 0.3) is 5.56 Å². The van der Waals surface area contributed by atoms with E-state index in [0.717, 1.165) is 12.3 Å². The molecule has 0 spiro atoms. The fourth-order valence-corrected chi connectivity index (χ4v) is 5.19. The normalized spacial score (nSPS) is 27.7. The van der Waals surface area contributed by atoms with E-state index < -0.39 is 89.1 Å². The van der Waals surface area contributed by atoms with Crippen molar-refractivity contribution in [2.24, 2.45) is 0 Å². The Kier molecular flexibility index (Phi) is 10.4. The van der Waals surface area contributed by atoms with Crippen molar-refractivity contribution < 1.29 is 72.4 Å². The highest BCUT2D eigenvalue weighted by atomic mass is 31.3. The number of ether oxygens (including phenoxy) is 1. The van der Waals surface area contributed by atoms with Crippen molar-refractivity contribution in [3.8, 4) is 0 Å². The van der Waals surface area contributed by atoms with Crippen LogP contribution in [0.15, 0.2) is 21.9 Å². The number of nitrogens with one attached hydrogen (secondary N) is 1.